The van der Waals surface area contributed by atoms with E-state index in [1.807, 2.05) is 43.5 Å². The van der Waals surface area contributed by atoms with Crippen molar-refractivity contribution in [3.05, 3.63) is 60.2 Å². The zero-order valence-electron chi connectivity index (χ0n) is 16.5. The van der Waals surface area contributed by atoms with Crippen molar-refractivity contribution >= 4 is 22.9 Å². The van der Waals surface area contributed by atoms with Crippen molar-refractivity contribution in [3.63, 3.8) is 0 Å². The molecule has 0 saturated carbocycles. The van der Waals surface area contributed by atoms with Gasteiger partial charge in [0.25, 0.3) is 5.91 Å². The van der Waals surface area contributed by atoms with Gasteiger partial charge in [0.15, 0.2) is 11.5 Å². The van der Waals surface area contributed by atoms with Gasteiger partial charge < -0.3 is 25.1 Å². The molecule has 2 heterocycles. The van der Waals surface area contributed by atoms with Crippen molar-refractivity contribution < 1.29 is 14.3 Å². The Morgan fingerprint density at radius 2 is 1.83 bits per heavy atom. The summed E-state index contributed by atoms with van der Waals surface area (Å²) in [5.74, 6) is 1.01. The summed E-state index contributed by atoms with van der Waals surface area (Å²) in [6.07, 6.45) is 4.17. The van der Waals surface area contributed by atoms with Gasteiger partial charge in [0, 0.05) is 34.8 Å². The third-order valence-electron chi connectivity index (χ3n) is 4.90. The van der Waals surface area contributed by atoms with Gasteiger partial charge in [-0.3, -0.25) is 4.79 Å². The number of rotatable bonds is 6. The molecule has 0 radical (unpaired) electrons. The number of benzene rings is 2. The van der Waals surface area contributed by atoms with Crippen LogP contribution >= 0.6 is 0 Å². The number of anilines is 2. The van der Waals surface area contributed by atoms with Crippen molar-refractivity contribution in [1.29, 1.82) is 0 Å². The maximum atomic E-state index is 12.7. The van der Waals surface area contributed by atoms with Crippen molar-refractivity contribution in [2.24, 2.45) is 0 Å². The molecule has 0 saturated heterocycles. The fourth-order valence-electron chi connectivity index (χ4n) is 3.44. The Balaban J connectivity index is 1.69. The molecule has 2 aromatic carbocycles. The SMILES string of the molecule is CC/C(Nc1ccc(-c2c[nH]cn2)cc1)=C1/C(=O)Nc2cc(OC)c(OC)cc21. The Bertz CT molecular complexity index is 1070. The number of nitrogens with one attached hydrogen (secondary N) is 3. The molecule has 1 amide bonds. The molecule has 1 aliphatic rings. The van der Waals surface area contributed by atoms with Crippen molar-refractivity contribution in [2.45, 2.75) is 13.3 Å². The third kappa shape index (κ3) is 3.42. The number of aromatic amines is 1. The molecule has 0 bridgehead atoms. The number of allylic oxidation sites excluding steroid dienone is 1. The lowest BCUT2D eigenvalue weighted by atomic mass is 10.0. The lowest BCUT2D eigenvalue weighted by Crippen LogP contribution is -2.10. The van der Waals surface area contributed by atoms with Crippen LogP contribution in [-0.4, -0.2) is 30.1 Å². The number of methoxy groups -OCH3 is 2. The van der Waals surface area contributed by atoms with Crippen LogP contribution in [0.4, 0.5) is 11.4 Å². The van der Waals surface area contributed by atoms with E-state index in [0.717, 1.165) is 28.2 Å². The van der Waals surface area contributed by atoms with E-state index in [0.29, 0.717) is 29.2 Å². The lowest BCUT2D eigenvalue weighted by Gasteiger charge is -2.14. The summed E-state index contributed by atoms with van der Waals surface area (Å²) in [5.41, 5.74) is 5.75. The first-order valence-corrected chi connectivity index (χ1v) is 9.31. The second-order valence-electron chi connectivity index (χ2n) is 6.57. The minimum atomic E-state index is -0.146. The molecule has 1 aromatic heterocycles. The van der Waals surface area contributed by atoms with Gasteiger partial charge in [0.1, 0.15) is 0 Å². The fourth-order valence-corrected chi connectivity index (χ4v) is 3.44. The smallest absolute Gasteiger partial charge is 0.258 e. The second-order valence-corrected chi connectivity index (χ2v) is 6.57. The Hall–Kier alpha value is -3.74. The van der Waals surface area contributed by atoms with E-state index in [2.05, 4.69) is 20.6 Å². The lowest BCUT2D eigenvalue weighted by molar-refractivity contribution is -0.110. The van der Waals surface area contributed by atoms with Crippen LogP contribution in [0.25, 0.3) is 16.8 Å². The summed E-state index contributed by atoms with van der Waals surface area (Å²) in [7, 11) is 3.15. The van der Waals surface area contributed by atoms with Gasteiger partial charge in [-0.2, -0.15) is 0 Å². The number of carbonyl (C=O) groups excluding carboxylic acids is 1. The molecule has 0 aliphatic carbocycles. The highest BCUT2D eigenvalue weighted by molar-refractivity contribution is 6.32. The average molecular weight is 390 g/mol. The number of H-pyrrole nitrogens is 1. The minimum absolute atomic E-state index is 0.146. The van der Waals surface area contributed by atoms with E-state index in [4.69, 9.17) is 9.47 Å². The van der Waals surface area contributed by atoms with E-state index in [1.54, 1.807) is 26.6 Å². The Kier molecular flexibility index (Phi) is 4.95. The van der Waals surface area contributed by atoms with E-state index in [9.17, 15) is 4.79 Å². The highest BCUT2D eigenvalue weighted by atomic mass is 16.5. The first kappa shape index (κ1) is 18.6. The van der Waals surface area contributed by atoms with Gasteiger partial charge in [0.05, 0.1) is 37.5 Å². The maximum Gasteiger partial charge on any atom is 0.258 e. The summed E-state index contributed by atoms with van der Waals surface area (Å²) in [5, 5.41) is 6.32. The zero-order chi connectivity index (χ0) is 20.4. The molecule has 3 N–H and O–H groups in total. The number of imidazole rings is 1. The molecule has 7 nitrogen and oxygen atoms in total. The summed E-state index contributed by atoms with van der Waals surface area (Å²) in [6, 6.07) is 11.6. The van der Waals surface area contributed by atoms with Crippen LogP contribution in [0.1, 0.15) is 18.9 Å². The molecule has 1 aliphatic heterocycles. The first-order valence-electron chi connectivity index (χ1n) is 9.31. The Labute approximate surface area is 168 Å². The Morgan fingerprint density at radius 1 is 1.10 bits per heavy atom. The standard InChI is InChI=1S/C22H22N4O3/c1-4-16(25-14-7-5-13(6-8-14)18-11-23-12-24-18)21-15-9-19(28-2)20(29-3)10-17(15)26-22(21)27/h5-12,25H,4H2,1-3H3,(H,23,24)(H,26,27)/b21-16-. The van der Waals surface area contributed by atoms with Crippen LogP contribution in [0, 0.1) is 0 Å². The monoisotopic (exact) mass is 390 g/mol. The number of aromatic nitrogens is 2. The maximum absolute atomic E-state index is 12.7. The van der Waals surface area contributed by atoms with Gasteiger partial charge in [-0.25, -0.2) is 4.98 Å². The van der Waals surface area contributed by atoms with Crippen LogP contribution in [0.3, 0.4) is 0 Å². The van der Waals surface area contributed by atoms with Crippen molar-refractivity contribution in [3.8, 4) is 22.8 Å². The van der Waals surface area contributed by atoms with E-state index >= 15 is 0 Å². The van der Waals surface area contributed by atoms with Gasteiger partial charge in [-0.1, -0.05) is 19.1 Å². The molecule has 29 heavy (non-hydrogen) atoms. The highest BCUT2D eigenvalue weighted by Gasteiger charge is 2.29. The number of carbonyl (C=O) groups is 1. The zero-order valence-corrected chi connectivity index (χ0v) is 16.5. The van der Waals surface area contributed by atoms with Crippen LogP contribution in [0.2, 0.25) is 0 Å². The van der Waals surface area contributed by atoms with Gasteiger partial charge in [-0.05, 0) is 24.6 Å². The Morgan fingerprint density at radius 3 is 2.45 bits per heavy atom. The summed E-state index contributed by atoms with van der Waals surface area (Å²) >= 11 is 0. The summed E-state index contributed by atoms with van der Waals surface area (Å²) in [4.78, 5) is 19.9. The third-order valence-corrected chi connectivity index (χ3v) is 4.90. The highest BCUT2D eigenvalue weighted by Crippen LogP contribution is 2.42. The van der Waals surface area contributed by atoms with Crippen LogP contribution in [0.5, 0.6) is 11.5 Å². The number of nitrogens with zero attached hydrogens (tertiary/aromatic N) is 1. The average Bonchev–Trinajstić information content (AvgIpc) is 3.39. The number of amides is 1. The first-order chi connectivity index (χ1) is 14.1. The molecule has 0 fully saturated rings. The summed E-state index contributed by atoms with van der Waals surface area (Å²) < 4.78 is 10.8. The molecule has 0 atom stereocenters. The number of fused-ring (bicyclic) bond motifs is 1. The predicted octanol–water partition coefficient (Wildman–Crippen LogP) is 4.28. The number of ether oxygens (including phenoxy) is 2. The van der Waals surface area contributed by atoms with Crippen molar-refractivity contribution in [1.82, 2.24) is 9.97 Å². The second kappa shape index (κ2) is 7.71. The summed E-state index contributed by atoms with van der Waals surface area (Å²) in [6.45, 7) is 2.01. The minimum Gasteiger partial charge on any atom is -0.493 e. The van der Waals surface area contributed by atoms with E-state index in [1.165, 1.54) is 0 Å². The van der Waals surface area contributed by atoms with Crippen LogP contribution in [-0.2, 0) is 4.79 Å². The molecule has 7 heteroatoms. The van der Waals surface area contributed by atoms with Gasteiger partial charge in [-0.15, -0.1) is 0 Å². The number of hydrogen-bond donors (Lipinski definition) is 3. The molecule has 3 aromatic rings. The largest absolute Gasteiger partial charge is 0.493 e. The molecular weight excluding hydrogens is 368 g/mol. The normalized spacial score (nSPS) is 14.2. The molecular formula is C22H22N4O3. The number of hydrogen-bond acceptors (Lipinski definition) is 5. The molecule has 0 spiro atoms. The molecule has 4 rings (SSSR count). The molecule has 0 unspecified atom stereocenters. The van der Waals surface area contributed by atoms with Gasteiger partial charge in [0.2, 0.25) is 0 Å². The van der Waals surface area contributed by atoms with Crippen LogP contribution in [0.15, 0.2) is 54.6 Å². The van der Waals surface area contributed by atoms with E-state index < -0.39 is 0 Å². The predicted molar refractivity (Wildman–Crippen MR) is 113 cm³/mol. The van der Waals surface area contributed by atoms with Crippen LogP contribution < -0.4 is 20.1 Å². The van der Waals surface area contributed by atoms with Crippen molar-refractivity contribution in [2.75, 3.05) is 24.9 Å². The molecule has 148 valence electrons. The quantitative estimate of drug-likeness (QED) is 0.547. The van der Waals surface area contributed by atoms with Gasteiger partial charge >= 0.3 is 0 Å². The fraction of sp³-hybridized carbons (Fsp3) is 0.182. The van der Waals surface area contributed by atoms with E-state index in [-0.39, 0.29) is 5.91 Å². The topological polar surface area (TPSA) is 88.3 Å².